The number of ether oxygens (including phenoxy) is 2. The predicted octanol–water partition coefficient (Wildman–Crippen LogP) is 2.91. The summed E-state index contributed by atoms with van der Waals surface area (Å²) in [6.45, 7) is 3.05. The number of carbonyl (C=O) groups is 2. The number of amides is 3. The summed E-state index contributed by atoms with van der Waals surface area (Å²) >= 11 is 0. The van der Waals surface area contributed by atoms with Gasteiger partial charge in [0.25, 0.3) is 0 Å². The number of hydrogen-bond acceptors (Lipinski definition) is 4. The molecule has 0 aromatic heterocycles. The van der Waals surface area contributed by atoms with E-state index in [1.165, 1.54) is 0 Å². The Labute approximate surface area is 148 Å². The number of carbonyl (C=O) groups excluding carboxylic acids is 2. The Balaban J connectivity index is 1.71. The monoisotopic (exact) mass is 372 g/mol. The summed E-state index contributed by atoms with van der Waals surface area (Å²) in [5.74, 6) is 0.712. The minimum atomic E-state index is -4.37. The van der Waals surface area contributed by atoms with Crippen molar-refractivity contribution in [2.75, 3.05) is 26.4 Å². The summed E-state index contributed by atoms with van der Waals surface area (Å²) < 4.78 is 47.7. The third kappa shape index (κ3) is 3.71. The molecule has 0 bridgehead atoms. The van der Waals surface area contributed by atoms with E-state index < -0.39 is 36.5 Å². The zero-order valence-corrected chi connectivity index (χ0v) is 14.4. The van der Waals surface area contributed by atoms with Crippen LogP contribution in [0, 0.1) is 0 Å². The molecule has 142 valence electrons. The largest absolute Gasteiger partial charge is 0.454 e. The van der Waals surface area contributed by atoms with Crippen LogP contribution in [0.2, 0.25) is 0 Å². The molecular formula is C17H19F3N2O4. The molecule has 1 aromatic carbocycles. The van der Waals surface area contributed by atoms with Gasteiger partial charge in [0.2, 0.25) is 12.7 Å². The van der Waals surface area contributed by atoms with Crippen molar-refractivity contribution >= 4 is 11.9 Å². The first-order valence-electron chi connectivity index (χ1n) is 8.13. The van der Waals surface area contributed by atoms with Crippen molar-refractivity contribution in [3.63, 3.8) is 0 Å². The molecule has 0 saturated carbocycles. The normalized spacial score (nSPS) is 17.4. The summed E-state index contributed by atoms with van der Waals surface area (Å²) in [5, 5.41) is 0. The van der Waals surface area contributed by atoms with E-state index in [-0.39, 0.29) is 19.9 Å². The highest BCUT2D eigenvalue weighted by Crippen LogP contribution is 2.37. The molecule has 1 fully saturated rings. The van der Waals surface area contributed by atoms with Gasteiger partial charge in [0.15, 0.2) is 11.5 Å². The smallest absolute Gasteiger partial charge is 0.390 e. The number of alkyl halides is 3. The van der Waals surface area contributed by atoms with Crippen molar-refractivity contribution in [2.24, 2.45) is 0 Å². The molecule has 1 aromatic rings. The van der Waals surface area contributed by atoms with Crippen LogP contribution in [0.5, 0.6) is 11.5 Å². The molecule has 1 saturated heterocycles. The maximum Gasteiger partial charge on any atom is 0.390 e. The van der Waals surface area contributed by atoms with Gasteiger partial charge in [-0.05, 0) is 17.7 Å². The maximum absolute atomic E-state index is 12.4. The Bertz CT molecular complexity index is 733. The van der Waals surface area contributed by atoms with Gasteiger partial charge in [0.1, 0.15) is 6.54 Å². The van der Waals surface area contributed by atoms with Crippen molar-refractivity contribution in [1.82, 2.24) is 9.80 Å². The molecule has 2 aliphatic rings. The molecule has 2 heterocycles. The van der Waals surface area contributed by atoms with E-state index in [9.17, 15) is 22.8 Å². The Morgan fingerprint density at radius 1 is 1.12 bits per heavy atom. The standard InChI is InChI=1S/C17H19F3N2O4/c1-16(2,11-3-4-12-13(7-11)26-10-25-12)9-22-14(23)8-21(15(22)24)6-5-17(18,19)20/h3-4,7H,5-6,8-10H2,1-2H3. The molecule has 6 nitrogen and oxygen atoms in total. The summed E-state index contributed by atoms with van der Waals surface area (Å²) in [6.07, 6.45) is -5.51. The summed E-state index contributed by atoms with van der Waals surface area (Å²) in [4.78, 5) is 26.5. The summed E-state index contributed by atoms with van der Waals surface area (Å²) in [5.41, 5.74) is 0.225. The Kier molecular flexibility index (Phi) is 4.49. The third-order valence-corrected chi connectivity index (χ3v) is 4.50. The number of fused-ring (bicyclic) bond motifs is 1. The number of rotatable bonds is 5. The lowest BCUT2D eigenvalue weighted by Crippen LogP contribution is -2.42. The number of nitrogens with zero attached hydrogens (tertiary/aromatic N) is 2. The third-order valence-electron chi connectivity index (χ3n) is 4.50. The lowest BCUT2D eigenvalue weighted by Gasteiger charge is -2.29. The minimum Gasteiger partial charge on any atom is -0.454 e. The quantitative estimate of drug-likeness (QED) is 0.746. The van der Waals surface area contributed by atoms with Gasteiger partial charge in [-0.15, -0.1) is 0 Å². The highest BCUT2D eigenvalue weighted by Gasteiger charge is 2.41. The second-order valence-corrected chi connectivity index (χ2v) is 7.00. The van der Waals surface area contributed by atoms with Crippen LogP contribution in [0.4, 0.5) is 18.0 Å². The molecular weight excluding hydrogens is 353 g/mol. The molecule has 0 atom stereocenters. The van der Waals surface area contributed by atoms with E-state index in [2.05, 4.69) is 0 Å². The first-order chi connectivity index (χ1) is 12.1. The zero-order valence-electron chi connectivity index (χ0n) is 14.4. The lowest BCUT2D eigenvalue weighted by molar-refractivity contribution is -0.137. The van der Waals surface area contributed by atoms with Crippen LogP contribution < -0.4 is 9.47 Å². The second kappa shape index (κ2) is 6.37. The van der Waals surface area contributed by atoms with Crippen LogP contribution in [-0.4, -0.2) is 54.3 Å². The van der Waals surface area contributed by atoms with Crippen LogP contribution in [0.25, 0.3) is 0 Å². The molecule has 0 N–H and O–H groups in total. The zero-order chi connectivity index (χ0) is 19.1. The Morgan fingerprint density at radius 2 is 1.81 bits per heavy atom. The molecule has 26 heavy (non-hydrogen) atoms. The molecule has 3 rings (SSSR count). The van der Waals surface area contributed by atoms with Crippen molar-refractivity contribution in [3.05, 3.63) is 23.8 Å². The fourth-order valence-corrected chi connectivity index (χ4v) is 2.99. The first-order valence-corrected chi connectivity index (χ1v) is 8.13. The molecule has 9 heteroatoms. The fraction of sp³-hybridized carbons (Fsp3) is 0.529. The van der Waals surface area contributed by atoms with E-state index in [0.29, 0.717) is 11.5 Å². The van der Waals surface area contributed by atoms with Crippen molar-refractivity contribution < 1.29 is 32.2 Å². The molecule has 0 radical (unpaired) electrons. The first kappa shape index (κ1) is 18.3. The Hall–Kier alpha value is -2.45. The van der Waals surface area contributed by atoms with E-state index in [0.717, 1.165) is 15.4 Å². The average molecular weight is 372 g/mol. The van der Waals surface area contributed by atoms with Crippen molar-refractivity contribution in [3.8, 4) is 11.5 Å². The average Bonchev–Trinajstić information content (AvgIpc) is 3.11. The lowest BCUT2D eigenvalue weighted by atomic mass is 9.84. The highest BCUT2D eigenvalue weighted by molar-refractivity contribution is 6.02. The van der Waals surface area contributed by atoms with Gasteiger partial charge < -0.3 is 14.4 Å². The van der Waals surface area contributed by atoms with E-state index in [1.807, 2.05) is 19.9 Å². The predicted molar refractivity (Wildman–Crippen MR) is 84.9 cm³/mol. The van der Waals surface area contributed by atoms with Gasteiger partial charge in [0.05, 0.1) is 6.42 Å². The molecule has 3 amide bonds. The molecule has 0 unspecified atom stereocenters. The minimum absolute atomic E-state index is 0.0623. The van der Waals surface area contributed by atoms with Gasteiger partial charge in [-0.2, -0.15) is 13.2 Å². The van der Waals surface area contributed by atoms with Crippen molar-refractivity contribution in [1.29, 1.82) is 0 Å². The molecule has 0 spiro atoms. The van der Waals surface area contributed by atoms with Crippen molar-refractivity contribution in [2.45, 2.75) is 31.9 Å². The Morgan fingerprint density at radius 3 is 2.50 bits per heavy atom. The van der Waals surface area contributed by atoms with Crippen LogP contribution in [0.3, 0.4) is 0 Å². The SMILES string of the molecule is CC(C)(CN1C(=O)CN(CCC(F)(F)F)C1=O)c1ccc2c(c1)OCO2. The molecule has 2 aliphatic heterocycles. The summed E-state index contributed by atoms with van der Waals surface area (Å²) in [6, 6.07) is 4.67. The number of urea groups is 1. The van der Waals surface area contributed by atoms with Gasteiger partial charge in [-0.3, -0.25) is 9.69 Å². The maximum atomic E-state index is 12.4. The van der Waals surface area contributed by atoms with Gasteiger partial charge in [0, 0.05) is 18.5 Å². The number of hydrogen-bond donors (Lipinski definition) is 0. The highest BCUT2D eigenvalue weighted by atomic mass is 19.4. The number of benzene rings is 1. The summed E-state index contributed by atoms with van der Waals surface area (Å²) in [7, 11) is 0. The van der Waals surface area contributed by atoms with Crippen LogP contribution in [0.15, 0.2) is 18.2 Å². The number of halogens is 3. The fourth-order valence-electron chi connectivity index (χ4n) is 2.99. The van der Waals surface area contributed by atoms with E-state index in [1.54, 1.807) is 12.1 Å². The number of imide groups is 1. The van der Waals surface area contributed by atoms with Gasteiger partial charge >= 0.3 is 12.2 Å². The van der Waals surface area contributed by atoms with E-state index >= 15 is 0 Å². The van der Waals surface area contributed by atoms with E-state index in [4.69, 9.17) is 9.47 Å². The van der Waals surface area contributed by atoms with Crippen LogP contribution >= 0.6 is 0 Å². The van der Waals surface area contributed by atoms with Gasteiger partial charge in [-0.25, -0.2) is 4.79 Å². The second-order valence-electron chi connectivity index (χ2n) is 7.00. The molecule has 0 aliphatic carbocycles. The van der Waals surface area contributed by atoms with Crippen LogP contribution in [-0.2, 0) is 10.2 Å². The van der Waals surface area contributed by atoms with Gasteiger partial charge in [-0.1, -0.05) is 19.9 Å². The van der Waals surface area contributed by atoms with Crippen LogP contribution in [0.1, 0.15) is 25.8 Å². The topological polar surface area (TPSA) is 59.1 Å².